The van der Waals surface area contributed by atoms with Gasteiger partial charge in [0, 0.05) is 37.8 Å². The van der Waals surface area contributed by atoms with E-state index in [2.05, 4.69) is 26.7 Å². The van der Waals surface area contributed by atoms with Crippen molar-refractivity contribution in [3.05, 3.63) is 17.7 Å². The predicted molar refractivity (Wildman–Crippen MR) is 67.9 cm³/mol. The van der Waals surface area contributed by atoms with Crippen molar-refractivity contribution >= 4 is 0 Å². The van der Waals surface area contributed by atoms with Crippen LogP contribution in [-0.4, -0.2) is 40.1 Å². The van der Waals surface area contributed by atoms with E-state index < -0.39 is 0 Å². The number of fused-ring (bicyclic) bond motifs is 1. The lowest BCUT2D eigenvalue weighted by molar-refractivity contribution is 0.242. The van der Waals surface area contributed by atoms with E-state index in [0.717, 1.165) is 32.1 Å². The van der Waals surface area contributed by atoms with Crippen molar-refractivity contribution in [3.63, 3.8) is 0 Å². The van der Waals surface area contributed by atoms with Gasteiger partial charge in [-0.2, -0.15) is 0 Å². The third-order valence-electron chi connectivity index (χ3n) is 4.18. The fourth-order valence-electron chi connectivity index (χ4n) is 3.20. The second-order valence-corrected chi connectivity index (χ2v) is 5.14. The van der Waals surface area contributed by atoms with Crippen LogP contribution in [0.1, 0.15) is 31.2 Å². The van der Waals surface area contributed by atoms with Gasteiger partial charge >= 0.3 is 0 Å². The van der Waals surface area contributed by atoms with Gasteiger partial charge in [0.2, 0.25) is 0 Å². The summed E-state index contributed by atoms with van der Waals surface area (Å²) in [6, 6.07) is 0.730. The van der Waals surface area contributed by atoms with E-state index in [0.29, 0.717) is 0 Å². The Labute approximate surface area is 103 Å². The Hall–Kier alpha value is -0.870. The topological polar surface area (TPSA) is 33.1 Å². The minimum Gasteiger partial charge on any atom is -0.333 e. The molecule has 1 atom stereocenters. The van der Waals surface area contributed by atoms with Gasteiger partial charge in [0.05, 0.1) is 12.0 Å². The Morgan fingerprint density at radius 3 is 3.35 bits per heavy atom. The number of nitrogens with one attached hydrogen (secondary N) is 1. The first kappa shape index (κ1) is 11.2. The number of hydrogen-bond acceptors (Lipinski definition) is 3. The average molecular weight is 234 g/mol. The maximum atomic E-state index is 4.53. The van der Waals surface area contributed by atoms with E-state index in [1.807, 2.05) is 6.33 Å². The van der Waals surface area contributed by atoms with E-state index in [-0.39, 0.29) is 0 Å². The number of nitrogens with zero attached hydrogens (tertiary/aromatic N) is 3. The Morgan fingerprint density at radius 2 is 2.47 bits per heavy atom. The molecule has 3 heterocycles. The molecule has 94 valence electrons. The molecule has 4 nitrogen and oxygen atoms in total. The van der Waals surface area contributed by atoms with Gasteiger partial charge in [-0.25, -0.2) is 4.98 Å². The van der Waals surface area contributed by atoms with Crippen LogP contribution in [0.2, 0.25) is 0 Å². The fraction of sp³-hybridized carbons (Fsp3) is 0.769. The van der Waals surface area contributed by atoms with E-state index in [1.54, 1.807) is 0 Å². The van der Waals surface area contributed by atoms with Crippen molar-refractivity contribution in [2.45, 2.75) is 45.3 Å². The highest BCUT2D eigenvalue weighted by atomic mass is 15.2. The third-order valence-corrected chi connectivity index (χ3v) is 4.18. The van der Waals surface area contributed by atoms with Crippen molar-refractivity contribution < 1.29 is 0 Å². The van der Waals surface area contributed by atoms with Crippen LogP contribution in [0.25, 0.3) is 0 Å². The maximum Gasteiger partial charge on any atom is 0.0952 e. The molecule has 2 aliphatic rings. The highest BCUT2D eigenvalue weighted by molar-refractivity contribution is 5.16. The molecule has 0 aliphatic carbocycles. The lowest BCUT2D eigenvalue weighted by Gasteiger charge is -2.24. The monoisotopic (exact) mass is 234 g/mol. The molecule has 1 unspecified atom stereocenters. The third kappa shape index (κ3) is 2.11. The van der Waals surface area contributed by atoms with Gasteiger partial charge < -0.3 is 9.88 Å². The lowest BCUT2D eigenvalue weighted by atomic mass is 10.1. The molecule has 0 radical (unpaired) electrons. The first-order valence-electron chi connectivity index (χ1n) is 6.86. The van der Waals surface area contributed by atoms with Crippen LogP contribution in [0, 0.1) is 0 Å². The van der Waals surface area contributed by atoms with Crippen molar-refractivity contribution in [2.24, 2.45) is 0 Å². The zero-order valence-corrected chi connectivity index (χ0v) is 10.7. The summed E-state index contributed by atoms with van der Waals surface area (Å²) < 4.78 is 2.40. The first-order chi connectivity index (χ1) is 8.38. The first-order valence-corrected chi connectivity index (χ1v) is 6.86. The van der Waals surface area contributed by atoms with E-state index in [9.17, 15) is 0 Å². The zero-order chi connectivity index (χ0) is 11.7. The highest BCUT2D eigenvalue weighted by Crippen LogP contribution is 2.20. The van der Waals surface area contributed by atoms with Gasteiger partial charge in [-0.05, 0) is 25.9 Å². The Kier molecular flexibility index (Phi) is 3.16. The van der Waals surface area contributed by atoms with Crippen molar-refractivity contribution in [2.75, 3.05) is 19.6 Å². The molecule has 2 aliphatic heterocycles. The lowest BCUT2D eigenvalue weighted by Crippen LogP contribution is -2.33. The quantitative estimate of drug-likeness (QED) is 0.847. The molecule has 1 aromatic rings. The fourth-order valence-corrected chi connectivity index (χ4v) is 3.20. The molecule has 1 aromatic heterocycles. The Morgan fingerprint density at radius 1 is 1.53 bits per heavy atom. The number of hydrogen-bond donors (Lipinski definition) is 1. The molecule has 1 N–H and O–H groups in total. The van der Waals surface area contributed by atoms with Crippen molar-refractivity contribution in [3.8, 4) is 0 Å². The molecule has 4 heteroatoms. The molecule has 0 saturated carbocycles. The second kappa shape index (κ2) is 4.78. The molecular formula is C13H22N4. The van der Waals surface area contributed by atoms with Crippen LogP contribution in [0.15, 0.2) is 6.33 Å². The van der Waals surface area contributed by atoms with Gasteiger partial charge in [-0.1, -0.05) is 6.92 Å². The minimum absolute atomic E-state index is 0.730. The summed E-state index contributed by atoms with van der Waals surface area (Å²) in [6.45, 7) is 7.91. The smallest absolute Gasteiger partial charge is 0.0952 e. The van der Waals surface area contributed by atoms with Crippen LogP contribution in [0.5, 0.6) is 0 Å². The van der Waals surface area contributed by atoms with Gasteiger partial charge in [-0.15, -0.1) is 0 Å². The Bertz CT molecular complexity index is 385. The number of imidazole rings is 1. The number of likely N-dealkylation sites (N-methyl/N-ethyl adjacent to an activating group) is 1. The van der Waals surface area contributed by atoms with E-state index in [4.69, 9.17) is 0 Å². The Balaban J connectivity index is 1.74. The largest absolute Gasteiger partial charge is 0.333 e. The minimum atomic E-state index is 0.730. The summed E-state index contributed by atoms with van der Waals surface area (Å²) in [5.74, 6) is 0. The molecule has 0 bridgehead atoms. The average Bonchev–Trinajstić information content (AvgIpc) is 2.97. The SMILES string of the molecule is CCN1CCCC1Cn1cnc2c1CCNC2. The van der Waals surface area contributed by atoms with Gasteiger partial charge in [0.25, 0.3) is 0 Å². The van der Waals surface area contributed by atoms with Crippen LogP contribution in [0.3, 0.4) is 0 Å². The molecule has 3 rings (SSSR count). The summed E-state index contributed by atoms with van der Waals surface area (Å²) in [5.41, 5.74) is 2.73. The van der Waals surface area contributed by atoms with Crippen LogP contribution in [-0.2, 0) is 19.5 Å². The van der Waals surface area contributed by atoms with Gasteiger partial charge in [0.1, 0.15) is 0 Å². The standard InChI is InChI=1S/C13H22N4/c1-2-16-7-3-4-11(16)9-17-10-15-12-8-14-6-5-13(12)17/h10-11,14H,2-9H2,1H3. The number of likely N-dealkylation sites (tertiary alicyclic amines) is 1. The van der Waals surface area contributed by atoms with Crippen LogP contribution in [0.4, 0.5) is 0 Å². The van der Waals surface area contributed by atoms with Gasteiger partial charge in [0.15, 0.2) is 0 Å². The van der Waals surface area contributed by atoms with Crippen molar-refractivity contribution in [1.29, 1.82) is 0 Å². The predicted octanol–water partition coefficient (Wildman–Crippen LogP) is 1.01. The zero-order valence-electron chi connectivity index (χ0n) is 10.7. The molecule has 1 fully saturated rings. The molecule has 0 aromatic carbocycles. The molecule has 17 heavy (non-hydrogen) atoms. The molecule has 0 amide bonds. The van der Waals surface area contributed by atoms with Crippen LogP contribution >= 0.6 is 0 Å². The van der Waals surface area contributed by atoms with Gasteiger partial charge in [-0.3, -0.25) is 4.90 Å². The number of aromatic nitrogens is 2. The summed E-state index contributed by atoms with van der Waals surface area (Å²) in [6.07, 6.45) is 5.88. The molecule has 1 saturated heterocycles. The maximum absolute atomic E-state index is 4.53. The van der Waals surface area contributed by atoms with Crippen molar-refractivity contribution in [1.82, 2.24) is 19.8 Å². The number of rotatable bonds is 3. The highest BCUT2D eigenvalue weighted by Gasteiger charge is 2.25. The summed E-state index contributed by atoms with van der Waals surface area (Å²) in [5, 5.41) is 3.38. The van der Waals surface area contributed by atoms with Crippen LogP contribution < -0.4 is 5.32 Å². The van der Waals surface area contributed by atoms with E-state index >= 15 is 0 Å². The molecule has 0 spiro atoms. The summed E-state index contributed by atoms with van der Waals surface area (Å²) >= 11 is 0. The normalized spacial score (nSPS) is 25.1. The summed E-state index contributed by atoms with van der Waals surface area (Å²) in [7, 11) is 0. The summed E-state index contributed by atoms with van der Waals surface area (Å²) in [4.78, 5) is 7.14. The molecular weight excluding hydrogens is 212 g/mol. The van der Waals surface area contributed by atoms with E-state index in [1.165, 1.54) is 37.3 Å². The second-order valence-electron chi connectivity index (χ2n) is 5.14.